The minimum absolute atomic E-state index is 0.0000490. The van der Waals surface area contributed by atoms with Crippen LogP contribution in [-0.4, -0.2) is 11.8 Å². The molecule has 6 heteroatoms. The summed E-state index contributed by atoms with van der Waals surface area (Å²) in [4.78, 5) is 23.9. The summed E-state index contributed by atoms with van der Waals surface area (Å²) in [5, 5.41) is -0.173. The Morgan fingerprint density at radius 2 is 1.91 bits per heavy atom. The average molecular weight is 339 g/mol. The van der Waals surface area contributed by atoms with Crippen molar-refractivity contribution in [2.45, 2.75) is 12.8 Å². The molecule has 0 atom stereocenters. The Morgan fingerprint density at radius 3 is 2.68 bits per heavy atom. The molecule has 2 aromatic carbocycles. The van der Waals surface area contributed by atoms with Crippen LogP contribution >= 0.6 is 23.2 Å². The van der Waals surface area contributed by atoms with Gasteiger partial charge in [0, 0.05) is 17.5 Å². The van der Waals surface area contributed by atoms with Gasteiger partial charge in [-0.25, -0.2) is 9.18 Å². The van der Waals surface area contributed by atoms with E-state index in [0.717, 1.165) is 12.1 Å². The van der Waals surface area contributed by atoms with Gasteiger partial charge in [-0.15, -0.1) is 0 Å². The quantitative estimate of drug-likeness (QED) is 0.460. The highest BCUT2D eigenvalue weighted by molar-refractivity contribution is 6.36. The number of rotatable bonds is 2. The van der Waals surface area contributed by atoms with Gasteiger partial charge < -0.3 is 4.74 Å². The van der Waals surface area contributed by atoms with Crippen molar-refractivity contribution in [3.63, 3.8) is 0 Å². The molecule has 0 N–H and O–H groups in total. The molecular weight excluding hydrogens is 330 g/mol. The van der Waals surface area contributed by atoms with Crippen molar-refractivity contribution in [2.24, 2.45) is 0 Å². The zero-order chi connectivity index (χ0) is 15.9. The van der Waals surface area contributed by atoms with Gasteiger partial charge in [0.25, 0.3) is 0 Å². The maximum atomic E-state index is 13.5. The highest BCUT2D eigenvalue weighted by Gasteiger charge is 2.24. The number of hydrogen-bond acceptors (Lipinski definition) is 3. The molecular formula is C16H9Cl2FO3. The minimum Gasteiger partial charge on any atom is -0.423 e. The fourth-order valence-electron chi connectivity index (χ4n) is 2.39. The number of ketones is 1. The third kappa shape index (κ3) is 2.60. The molecule has 3 nitrogen and oxygen atoms in total. The summed E-state index contributed by atoms with van der Waals surface area (Å²) in [6, 6.07) is 7.00. The van der Waals surface area contributed by atoms with Crippen LogP contribution < -0.4 is 4.74 Å². The Labute approximate surface area is 135 Å². The lowest BCUT2D eigenvalue weighted by Crippen LogP contribution is -2.11. The van der Waals surface area contributed by atoms with Crippen molar-refractivity contribution in [2.75, 3.05) is 0 Å². The third-order valence-electron chi connectivity index (χ3n) is 3.47. The second kappa shape index (κ2) is 5.71. The maximum absolute atomic E-state index is 13.5. The van der Waals surface area contributed by atoms with E-state index in [9.17, 15) is 14.0 Å². The molecule has 0 heterocycles. The number of carbonyl (C=O) groups excluding carboxylic acids is 2. The van der Waals surface area contributed by atoms with E-state index in [0.29, 0.717) is 29.7 Å². The summed E-state index contributed by atoms with van der Waals surface area (Å²) >= 11 is 11.5. The SMILES string of the molecule is O=C(Oc1cccc2c1CCC2=O)c1cc(F)c(Cl)cc1Cl. The second-order valence-corrected chi connectivity index (χ2v) is 5.66. The van der Waals surface area contributed by atoms with Gasteiger partial charge in [-0.1, -0.05) is 35.3 Å². The molecule has 3 rings (SSSR count). The number of hydrogen-bond donors (Lipinski definition) is 0. The molecule has 0 aromatic heterocycles. The van der Waals surface area contributed by atoms with E-state index in [1.54, 1.807) is 18.2 Å². The number of benzene rings is 2. The Bertz CT molecular complexity index is 802. The van der Waals surface area contributed by atoms with Crippen LogP contribution in [-0.2, 0) is 6.42 Å². The van der Waals surface area contributed by atoms with Crippen LogP contribution in [0.3, 0.4) is 0 Å². The first kappa shape index (κ1) is 15.0. The molecule has 0 amide bonds. The van der Waals surface area contributed by atoms with Gasteiger partial charge in [-0.3, -0.25) is 4.79 Å². The van der Waals surface area contributed by atoms with Gasteiger partial charge in [0.05, 0.1) is 15.6 Å². The highest BCUT2D eigenvalue weighted by atomic mass is 35.5. The predicted octanol–water partition coefficient (Wildman–Crippen LogP) is 4.48. The Hall–Kier alpha value is -1.91. The van der Waals surface area contributed by atoms with Gasteiger partial charge in [0.15, 0.2) is 5.78 Å². The lowest BCUT2D eigenvalue weighted by molar-refractivity contribution is 0.0732. The normalized spacial score (nSPS) is 13.1. The summed E-state index contributed by atoms with van der Waals surface area (Å²) in [7, 11) is 0. The first-order chi connectivity index (χ1) is 10.5. The van der Waals surface area contributed by atoms with Gasteiger partial charge in [-0.2, -0.15) is 0 Å². The molecule has 0 aliphatic heterocycles. The molecule has 0 bridgehead atoms. The Kier molecular flexibility index (Phi) is 3.89. The number of ether oxygens (including phenoxy) is 1. The van der Waals surface area contributed by atoms with Crippen LogP contribution in [0.25, 0.3) is 0 Å². The van der Waals surface area contributed by atoms with Crippen LogP contribution in [0.2, 0.25) is 10.0 Å². The van der Waals surface area contributed by atoms with Gasteiger partial charge in [0.1, 0.15) is 11.6 Å². The molecule has 2 aromatic rings. The van der Waals surface area contributed by atoms with Crippen LogP contribution in [0.1, 0.15) is 32.7 Å². The fraction of sp³-hybridized carbons (Fsp3) is 0.125. The molecule has 0 spiro atoms. The lowest BCUT2D eigenvalue weighted by Gasteiger charge is -2.10. The van der Waals surface area contributed by atoms with Crippen LogP contribution in [0.5, 0.6) is 5.75 Å². The minimum atomic E-state index is -0.798. The van der Waals surface area contributed by atoms with Gasteiger partial charge >= 0.3 is 5.97 Å². The van der Waals surface area contributed by atoms with Crippen LogP contribution in [0, 0.1) is 5.82 Å². The molecule has 0 radical (unpaired) electrons. The van der Waals surface area contributed by atoms with Crippen molar-refractivity contribution in [3.8, 4) is 5.75 Å². The molecule has 22 heavy (non-hydrogen) atoms. The zero-order valence-corrected chi connectivity index (χ0v) is 12.7. The zero-order valence-electron chi connectivity index (χ0n) is 11.2. The smallest absolute Gasteiger partial charge is 0.345 e. The van der Waals surface area contributed by atoms with E-state index in [2.05, 4.69) is 0 Å². The molecule has 112 valence electrons. The first-order valence-corrected chi connectivity index (χ1v) is 7.25. The summed E-state index contributed by atoms with van der Waals surface area (Å²) in [6.07, 6.45) is 0.903. The molecule has 0 saturated carbocycles. The van der Waals surface area contributed by atoms with Gasteiger partial charge in [-0.05, 0) is 24.6 Å². The van der Waals surface area contributed by atoms with E-state index in [-0.39, 0.29) is 21.4 Å². The maximum Gasteiger partial charge on any atom is 0.345 e. The number of Topliss-reactive ketones (excluding diaryl/α,β-unsaturated/α-hetero) is 1. The molecule has 0 fully saturated rings. The number of esters is 1. The summed E-state index contributed by atoms with van der Waals surface area (Å²) in [6.45, 7) is 0. The molecule has 0 unspecified atom stereocenters. The Morgan fingerprint density at radius 1 is 1.14 bits per heavy atom. The summed E-state index contributed by atoms with van der Waals surface area (Å²) < 4.78 is 18.8. The largest absolute Gasteiger partial charge is 0.423 e. The van der Waals surface area contributed by atoms with Gasteiger partial charge in [0.2, 0.25) is 0 Å². The molecule has 0 saturated heterocycles. The van der Waals surface area contributed by atoms with Crippen molar-refractivity contribution >= 4 is 35.0 Å². The van der Waals surface area contributed by atoms with Crippen molar-refractivity contribution in [1.82, 2.24) is 0 Å². The molecule has 1 aliphatic rings. The summed E-state index contributed by atoms with van der Waals surface area (Å²) in [5.74, 6) is -1.25. The standard InChI is InChI=1S/C16H9Cl2FO3/c17-11-7-12(18)13(19)6-10(11)16(21)22-15-3-1-2-8-9(15)4-5-14(8)20/h1-3,6-7H,4-5H2. The monoisotopic (exact) mass is 338 g/mol. The number of carbonyl (C=O) groups is 2. The van der Waals surface area contributed by atoms with Crippen molar-refractivity contribution in [3.05, 3.63) is 62.9 Å². The Balaban J connectivity index is 1.93. The first-order valence-electron chi connectivity index (χ1n) is 6.49. The van der Waals surface area contributed by atoms with E-state index < -0.39 is 11.8 Å². The predicted molar refractivity (Wildman–Crippen MR) is 80.5 cm³/mol. The van der Waals surface area contributed by atoms with E-state index >= 15 is 0 Å². The van der Waals surface area contributed by atoms with Crippen LogP contribution in [0.4, 0.5) is 4.39 Å². The number of fused-ring (bicyclic) bond motifs is 1. The van der Waals surface area contributed by atoms with Crippen molar-refractivity contribution in [1.29, 1.82) is 0 Å². The number of halogens is 3. The fourth-order valence-corrected chi connectivity index (χ4v) is 2.85. The van der Waals surface area contributed by atoms with Crippen molar-refractivity contribution < 1.29 is 18.7 Å². The average Bonchev–Trinajstić information content (AvgIpc) is 2.86. The van der Waals surface area contributed by atoms with E-state index in [4.69, 9.17) is 27.9 Å². The second-order valence-electron chi connectivity index (χ2n) is 4.84. The lowest BCUT2D eigenvalue weighted by atomic mass is 10.1. The van der Waals surface area contributed by atoms with Crippen LogP contribution in [0.15, 0.2) is 30.3 Å². The van der Waals surface area contributed by atoms with E-state index in [1.165, 1.54) is 0 Å². The third-order valence-corrected chi connectivity index (χ3v) is 4.07. The highest BCUT2D eigenvalue weighted by Crippen LogP contribution is 2.32. The summed E-state index contributed by atoms with van der Waals surface area (Å²) in [5.41, 5.74) is 1.12. The van der Waals surface area contributed by atoms with E-state index in [1.807, 2.05) is 0 Å². The topological polar surface area (TPSA) is 43.4 Å². The molecule has 1 aliphatic carbocycles.